The summed E-state index contributed by atoms with van der Waals surface area (Å²) >= 11 is 1.55. The molecule has 0 bridgehead atoms. The van der Waals surface area contributed by atoms with Gasteiger partial charge in [-0.05, 0) is 6.42 Å². The van der Waals surface area contributed by atoms with Crippen LogP contribution in [0.2, 0.25) is 2.14 Å². The molecule has 0 unspecified atom stereocenters. The molecule has 0 amide bonds. The molecule has 0 aromatic heterocycles. The summed E-state index contributed by atoms with van der Waals surface area (Å²) in [6, 6.07) is 0. The van der Waals surface area contributed by atoms with Gasteiger partial charge < -0.3 is 0 Å². The average molecular weight is 469 g/mol. The molecule has 0 aliphatic heterocycles. The summed E-state index contributed by atoms with van der Waals surface area (Å²) in [6.07, 6.45) is 24.6. The molecular formula is C22H43OPm. The van der Waals surface area contributed by atoms with E-state index in [0.29, 0.717) is 5.78 Å². The van der Waals surface area contributed by atoms with Crippen molar-refractivity contribution >= 4 is 5.78 Å². The predicted octanol–water partition coefficient (Wildman–Crippen LogP) is 7.95. The molecule has 0 heterocycles. The molecule has 0 aromatic carbocycles. The second-order valence-electron chi connectivity index (χ2n) is 7.42. The van der Waals surface area contributed by atoms with Gasteiger partial charge in [0, 0.05) is 0 Å². The van der Waals surface area contributed by atoms with E-state index in [1.807, 2.05) is 0 Å². The fourth-order valence-electron chi connectivity index (χ4n) is 3.25. The SMILES string of the molecule is CCCCCCCCCCCC(=O)CCCCCCCCC[CH2][Pm]. The van der Waals surface area contributed by atoms with Crippen molar-refractivity contribution in [1.29, 1.82) is 0 Å². The molecule has 2 heteroatoms. The number of rotatable bonds is 20. The molecule has 24 heavy (non-hydrogen) atoms. The summed E-state index contributed by atoms with van der Waals surface area (Å²) in [6.45, 7) is 2.27. The van der Waals surface area contributed by atoms with Crippen molar-refractivity contribution in [3.8, 4) is 0 Å². The molecule has 0 N–H and O–H groups in total. The Bertz CT molecular complexity index is 228. The van der Waals surface area contributed by atoms with Gasteiger partial charge in [-0.2, -0.15) is 0 Å². The molecule has 0 spiro atoms. The Morgan fingerprint density at radius 2 is 0.875 bits per heavy atom. The Balaban J connectivity index is 3.13. The van der Waals surface area contributed by atoms with E-state index < -0.39 is 0 Å². The molecule has 0 saturated heterocycles. The Morgan fingerprint density at radius 3 is 1.25 bits per heavy atom. The summed E-state index contributed by atoms with van der Waals surface area (Å²) < 4.78 is 1.45. The number of carbonyl (C=O) groups is 1. The van der Waals surface area contributed by atoms with E-state index in [1.54, 1.807) is 38.3 Å². The first kappa shape index (κ1) is 25.0. The van der Waals surface area contributed by atoms with Gasteiger partial charge in [0.15, 0.2) is 0 Å². The first-order valence-electron chi connectivity index (χ1n) is 10.9. The van der Waals surface area contributed by atoms with E-state index >= 15 is 0 Å². The van der Waals surface area contributed by atoms with Gasteiger partial charge in [-0.25, -0.2) is 0 Å². The summed E-state index contributed by atoms with van der Waals surface area (Å²) in [7, 11) is 0. The fraction of sp³-hybridized carbons (Fsp3) is 0.955. The molecule has 0 aromatic rings. The van der Waals surface area contributed by atoms with Gasteiger partial charge in [-0.3, -0.25) is 0 Å². The summed E-state index contributed by atoms with van der Waals surface area (Å²) in [5, 5.41) is 0. The van der Waals surface area contributed by atoms with Crippen LogP contribution in [0.15, 0.2) is 0 Å². The van der Waals surface area contributed by atoms with Gasteiger partial charge in [0.2, 0.25) is 0 Å². The van der Waals surface area contributed by atoms with Gasteiger partial charge in [0.05, 0.1) is 0 Å². The molecule has 1 nitrogen and oxygen atoms in total. The quantitative estimate of drug-likeness (QED) is 0.166. The maximum absolute atomic E-state index is 11.9. The number of carbonyl (C=O) groups excluding carboxylic acids is 1. The minimum atomic E-state index is 0.518. The van der Waals surface area contributed by atoms with Crippen molar-refractivity contribution in [2.45, 2.75) is 131 Å². The van der Waals surface area contributed by atoms with Gasteiger partial charge >= 0.3 is 115 Å². The Hall–Kier alpha value is 1.01. The average Bonchev–Trinajstić information content (AvgIpc) is 2.59. The predicted molar refractivity (Wildman–Crippen MR) is 103 cm³/mol. The fourth-order valence-corrected chi connectivity index (χ4v) is 3.97. The van der Waals surface area contributed by atoms with Crippen LogP contribution in [0, 0.1) is 38.3 Å². The van der Waals surface area contributed by atoms with Crippen LogP contribution in [0.4, 0.5) is 0 Å². The zero-order valence-electron chi connectivity index (χ0n) is 16.5. The van der Waals surface area contributed by atoms with Gasteiger partial charge in [0.1, 0.15) is 0 Å². The van der Waals surface area contributed by atoms with Crippen LogP contribution in [0.5, 0.6) is 0 Å². The minimum absolute atomic E-state index is 0.518. The number of unbranched alkanes of at least 4 members (excludes halogenated alkanes) is 15. The van der Waals surface area contributed by atoms with Crippen LogP contribution >= 0.6 is 0 Å². The number of ketones is 1. The van der Waals surface area contributed by atoms with Crippen LogP contribution in [0.25, 0.3) is 0 Å². The third-order valence-electron chi connectivity index (χ3n) is 4.92. The molecule has 0 atom stereocenters. The third-order valence-corrected chi connectivity index (χ3v) is 5.94. The molecule has 0 radical (unpaired) electrons. The second kappa shape index (κ2) is 22.0. The Kier molecular flexibility index (Phi) is 23.0. The monoisotopic (exact) mass is 468 g/mol. The van der Waals surface area contributed by atoms with Crippen LogP contribution in [0.3, 0.4) is 0 Å². The number of hydrogen-bond donors (Lipinski definition) is 0. The number of Topliss-reactive ketones (excluding diaryl/α,β-unsaturated/α-hetero) is 1. The Labute approximate surface area is 178 Å². The zero-order valence-corrected chi connectivity index (χ0v) is 19.4. The van der Waals surface area contributed by atoms with Gasteiger partial charge in [-0.15, -0.1) is 0 Å². The number of hydrogen-bond acceptors (Lipinski definition) is 1. The van der Waals surface area contributed by atoms with Crippen molar-refractivity contribution in [1.82, 2.24) is 0 Å². The van der Waals surface area contributed by atoms with Crippen molar-refractivity contribution in [3.63, 3.8) is 0 Å². The van der Waals surface area contributed by atoms with Gasteiger partial charge in [-0.1, -0.05) is 58.3 Å². The standard InChI is InChI=1S/C22H43O.Pm/c1-3-5-7-9-11-13-15-17-19-21-22(23)20-18-16-14-12-10-8-6-4-2;/h2-21H2,1H3;. The van der Waals surface area contributed by atoms with E-state index in [4.69, 9.17) is 0 Å². The van der Waals surface area contributed by atoms with Gasteiger partial charge in [0.25, 0.3) is 0 Å². The van der Waals surface area contributed by atoms with Crippen molar-refractivity contribution in [2.24, 2.45) is 0 Å². The zero-order chi connectivity index (χ0) is 17.7. The van der Waals surface area contributed by atoms with Crippen molar-refractivity contribution < 1.29 is 43.1 Å². The summed E-state index contributed by atoms with van der Waals surface area (Å²) in [5.41, 5.74) is 0. The topological polar surface area (TPSA) is 17.1 Å². The molecule has 0 aliphatic rings. The second-order valence-corrected chi connectivity index (χ2v) is 8.85. The van der Waals surface area contributed by atoms with E-state index in [9.17, 15) is 4.79 Å². The molecule has 0 fully saturated rings. The Morgan fingerprint density at radius 1 is 0.542 bits per heavy atom. The third kappa shape index (κ3) is 21.1. The maximum atomic E-state index is 11.9. The molecule has 0 rings (SSSR count). The van der Waals surface area contributed by atoms with Crippen LogP contribution in [-0.4, -0.2) is 5.78 Å². The molecule has 0 saturated carbocycles. The summed E-state index contributed by atoms with van der Waals surface area (Å²) in [5.74, 6) is 0.518. The van der Waals surface area contributed by atoms with Crippen LogP contribution < -0.4 is 0 Å². The molecule has 0 aliphatic carbocycles. The van der Waals surface area contributed by atoms with Crippen molar-refractivity contribution in [3.05, 3.63) is 0 Å². The molecular weight excluding hydrogens is 425 g/mol. The van der Waals surface area contributed by atoms with Crippen LogP contribution in [-0.2, 0) is 4.79 Å². The van der Waals surface area contributed by atoms with Crippen LogP contribution in [0.1, 0.15) is 129 Å². The summed E-state index contributed by atoms with van der Waals surface area (Å²) in [4.78, 5) is 11.9. The first-order valence-corrected chi connectivity index (χ1v) is 13.0. The van der Waals surface area contributed by atoms with E-state index in [-0.39, 0.29) is 0 Å². The van der Waals surface area contributed by atoms with Crippen molar-refractivity contribution in [2.75, 3.05) is 0 Å². The van der Waals surface area contributed by atoms with E-state index in [0.717, 1.165) is 25.7 Å². The first-order chi connectivity index (χ1) is 11.8. The normalized spacial score (nSPS) is 11.0. The molecule has 142 valence electrons. The van der Waals surface area contributed by atoms with E-state index in [2.05, 4.69) is 6.92 Å². The van der Waals surface area contributed by atoms with E-state index in [1.165, 1.54) is 98.4 Å².